The maximum Gasteiger partial charge on any atom is 0.263 e. The Morgan fingerprint density at radius 2 is 1.74 bits per heavy atom. The van der Waals surface area contributed by atoms with Crippen molar-refractivity contribution in [3.8, 4) is 11.1 Å². The van der Waals surface area contributed by atoms with Crippen LogP contribution in [-0.2, 0) is 4.79 Å². The predicted molar refractivity (Wildman–Crippen MR) is 127 cm³/mol. The lowest BCUT2D eigenvalue weighted by molar-refractivity contribution is -0.118. The molecule has 0 aliphatic carbocycles. The molecule has 31 heavy (non-hydrogen) atoms. The normalized spacial score (nSPS) is 12.2. The highest BCUT2D eigenvalue weighted by molar-refractivity contribution is 7.17. The van der Waals surface area contributed by atoms with Gasteiger partial charge in [-0.2, -0.15) is 0 Å². The van der Waals surface area contributed by atoms with Crippen molar-refractivity contribution in [2.24, 2.45) is 0 Å². The highest BCUT2D eigenvalue weighted by atomic mass is 32.1. The molecule has 0 fully saturated rings. The van der Waals surface area contributed by atoms with Crippen LogP contribution in [0.4, 0.5) is 5.69 Å². The third-order valence-electron chi connectivity index (χ3n) is 5.42. The number of amides is 1. The Morgan fingerprint density at radius 3 is 2.55 bits per heavy atom. The third-order valence-corrected chi connectivity index (χ3v) is 6.30. The molecule has 152 valence electrons. The minimum atomic E-state index is -0.700. The van der Waals surface area contributed by atoms with Crippen molar-refractivity contribution in [3.05, 3.63) is 94.9 Å². The maximum absolute atomic E-state index is 13.4. The average Bonchev–Trinajstić information content (AvgIpc) is 3.24. The van der Waals surface area contributed by atoms with Crippen LogP contribution in [0.25, 0.3) is 32.1 Å². The van der Waals surface area contributed by atoms with Gasteiger partial charge in [-0.25, -0.2) is 4.98 Å². The lowest BCUT2D eigenvalue weighted by Crippen LogP contribution is -2.31. The first-order chi connectivity index (χ1) is 15.1. The van der Waals surface area contributed by atoms with Gasteiger partial charge in [-0.3, -0.25) is 14.2 Å². The van der Waals surface area contributed by atoms with Crippen molar-refractivity contribution < 1.29 is 4.79 Å². The molecule has 0 radical (unpaired) electrons. The number of para-hydroxylation sites is 1. The number of hydrogen-bond acceptors (Lipinski definition) is 4. The van der Waals surface area contributed by atoms with Gasteiger partial charge in [-0.15, -0.1) is 11.3 Å². The smallest absolute Gasteiger partial charge is 0.263 e. The van der Waals surface area contributed by atoms with Crippen LogP contribution in [0.15, 0.2) is 89.3 Å². The number of aromatic nitrogens is 2. The number of hydrogen-bond donors (Lipinski definition) is 1. The number of nitrogens with one attached hydrogen (secondary N) is 1. The molecule has 0 aliphatic rings. The van der Waals surface area contributed by atoms with Crippen LogP contribution in [-0.4, -0.2) is 15.5 Å². The van der Waals surface area contributed by atoms with Crippen molar-refractivity contribution in [1.29, 1.82) is 0 Å². The van der Waals surface area contributed by atoms with E-state index in [-0.39, 0.29) is 11.5 Å². The molecule has 0 aliphatic heterocycles. The molecule has 5 aromatic rings. The van der Waals surface area contributed by atoms with Gasteiger partial charge in [-0.05, 0) is 41.5 Å². The monoisotopic (exact) mass is 425 g/mol. The van der Waals surface area contributed by atoms with Gasteiger partial charge in [0, 0.05) is 16.6 Å². The minimum Gasteiger partial charge on any atom is -0.324 e. The molecule has 1 N–H and O–H groups in total. The zero-order chi connectivity index (χ0) is 21.4. The van der Waals surface area contributed by atoms with E-state index < -0.39 is 6.04 Å². The van der Waals surface area contributed by atoms with Crippen LogP contribution >= 0.6 is 11.3 Å². The molecule has 0 spiro atoms. The fraction of sp³-hybridized carbons (Fsp3) is 0.0800. The number of rotatable bonds is 4. The Labute approximate surface area is 182 Å². The Hall–Kier alpha value is -3.77. The molecule has 1 atom stereocenters. The number of carbonyl (C=O) groups excluding carboxylic acids is 1. The van der Waals surface area contributed by atoms with Crippen molar-refractivity contribution >= 4 is 43.9 Å². The van der Waals surface area contributed by atoms with Crippen molar-refractivity contribution in [2.75, 3.05) is 5.32 Å². The van der Waals surface area contributed by atoms with Gasteiger partial charge in [0.15, 0.2) is 0 Å². The van der Waals surface area contributed by atoms with Gasteiger partial charge >= 0.3 is 0 Å². The largest absolute Gasteiger partial charge is 0.324 e. The molecular weight excluding hydrogens is 406 g/mol. The summed E-state index contributed by atoms with van der Waals surface area (Å²) < 4.78 is 1.40. The quantitative estimate of drug-likeness (QED) is 0.415. The second kappa shape index (κ2) is 7.81. The molecule has 0 saturated heterocycles. The van der Waals surface area contributed by atoms with E-state index in [0.29, 0.717) is 15.9 Å². The van der Waals surface area contributed by atoms with E-state index in [4.69, 9.17) is 0 Å². The van der Waals surface area contributed by atoms with Crippen LogP contribution in [0, 0.1) is 0 Å². The van der Waals surface area contributed by atoms with Crippen molar-refractivity contribution in [3.63, 3.8) is 0 Å². The Morgan fingerprint density at radius 1 is 1.00 bits per heavy atom. The van der Waals surface area contributed by atoms with Crippen LogP contribution in [0.2, 0.25) is 0 Å². The first kappa shape index (κ1) is 19.2. The van der Waals surface area contributed by atoms with Crippen molar-refractivity contribution in [2.45, 2.75) is 13.0 Å². The summed E-state index contributed by atoms with van der Waals surface area (Å²) in [4.78, 5) is 31.3. The summed E-state index contributed by atoms with van der Waals surface area (Å²) in [7, 11) is 0. The molecule has 5 nitrogen and oxygen atoms in total. The molecular formula is C25H19N3O2S. The standard InChI is InChI=1S/C25H19N3O2S/c1-16(23(29)27-20-9-3-2-4-10-20)28-15-26-24-22(25(28)30)21(14-31-24)19-12-11-17-7-5-6-8-18(17)13-19/h2-16H,1H3,(H,27,29). The summed E-state index contributed by atoms with van der Waals surface area (Å²) in [5.41, 5.74) is 2.27. The van der Waals surface area contributed by atoms with E-state index in [2.05, 4.69) is 34.6 Å². The molecule has 6 heteroatoms. The molecule has 3 aromatic carbocycles. The number of nitrogens with zero attached hydrogens (tertiary/aromatic N) is 2. The topological polar surface area (TPSA) is 64.0 Å². The van der Waals surface area contributed by atoms with E-state index in [1.54, 1.807) is 6.92 Å². The van der Waals surface area contributed by atoms with Gasteiger partial charge in [0.05, 0.1) is 11.7 Å². The fourth-order valence-electron chi connectivity index (χ4n) is 3.69. The summed E-state index contributed by atoms with van der Waals surface area (Å²) >= 11 is 1.43. The SMILES string of the molecule is CC(C(=O)Nc1ccccc1)n1cnc2scc(-c3ccc4ccccc4c3)c2c1=O. The number of benzene rings is 3. The highest BCUT2D eigenvalue weighted by Crippen LogP contribution is 2.32. The molecule has 0 saturated carbocycles. The first-order valence-corrected chi connectivity index (χ1v) is 10.8. The first-order valence-electron chi connectivity index (χ1n) is 9.95. The van der Waals surface area contributed by atoms with Crippen LogP contribution in [0.5, 0.6) is 0 Å². The average molecular weight is 426 g/mol. The van der Waals surface area contributed by atoms with Crippen LogP contribution < -0.4 is 10.9 Å². The lowest BCUT2D eigenvalue weighted by Gasteiger charge is -2.15. The minimum absolute atomic E-state index is 0.217. The van der Waals surface area contributed by atoms with Gasteiger partial charge < -0.3 is 5.32 Å². The maximum atomic E-state index is 13.4. The van der Waals surface area contributed by atoms with Crippen molar-refractivity contribution in [1.82, 2.24) is 9.55 Å². The van der Waals surface area contributed by atoms with Crippen LogP contribution in [0.3, 0.4) is 0 Å². The second-order valence-electron chi connectivity index (χ2n) is 7.38. The molecule has 1 unspecified atom stereocenters. The number of carbonyl (C=O) groups is 1. The van der Waals surface area contributed by atoms with Gasteiger partial charge in [0.2, 0.25) is 5.91 Å². The zero-order valence-corrected chi connectivity index (χ0v) is 17.6. The van der Waals surface area contributed by atoms with E-state index in [0.717, 1.165) is 21.9 Å². The number of fused-ring (bicyclic) bond motifs is 2. The second-order valence-corrected chi connectivity index (χ2v) is 8.24. The zero-order valence-electron chi connectivity index (χ0n) is 16.8. The molecule has 1 amide bonds. The Kier molecular flexibility index (Phi) is 4.84. The van der Waals surface area contributed by atoms with E-state index in [9.17, 15) is 9.59 Å². The van der Waals surface area contributed by atoms with Crippen LogP contribution in [0.1, 0.15) is 13.0 Å². The fourth-order valence-corrected chi connectivity index (χ4v) is 4.59. The predicted octanol–water partition coefficient (Wildman–Crippen LogP) is 5.48. The van der Waals surface area contributed by atoms with E-state index in [1.807, 2.05) is 53.9 Å². The Bertz CT molecular complexity index is 1470. The Balaban J connectivity index is 1.56. The molecule has 0 bridgehead atoms. The van der Waals surface area contributed by atoms with E-state index in [1.165, 1.54) is 22.2 Å². The number of thiophene rings is 1. The van der Waals surface area contributed by atoms with Gasteiger partial charge in [0.1, 0.15) is 10.9 Å². The van der Waals surface area contributed by atoms with Gasteiger partial charge in [0.25, 0.3) is 5.56 Å². The van der Waals surface area contributed by atoms with Gasteiger partial charge in [-0.1, -0.05) is 54.6 Å². The molecule has 5 rings (SSSR count). The molecule has 2 aromatic heterocycles. The molecule has 2 heterocycles. The summed E-state index contributed by atoms with van der Waals surface area (Å²) in [5, 5.41) is 7.61. The summed E-state index contributed by atoms with van der Waals surface area (Å²) in [6.07, 6.45) is 1.46. The number of anilines is 1. The highest BCUT2D eigenvalue weighted by Gasteiger charge is 2.20. The van der Waals surface area contributed by atoms with E-state index >= 15 is 0 Å². The summed E-state index contributed by atoms with van der Waals surface area (Å²) in [5.74, 6) is -0.267. The lowest BCUT2D eigenvalue weighted by atomic mass is 10.0. The summed E-state index contributed by atoms with van der Waals surface area (Å²) in [6, 6.07) is 22.8. The third kappa shape index (κ3) is 3.51. The summed E-state index contributed by atoms with van der Waals surface area (Å²) in [6.45, 7) is 1.70.